The first-order chi connectivity index (χ1) is 8.58. The van der Waals surface area contributed by atoms with E-state index >= 15 is 0 Å². The summed E-state index contributed by atoms with van der Waals surface area (Å²) < 4.78 is 5.01. The van der Waals surface area contributed by atoms with E-state index in [2.05, 4.69) is 20.4 Å². The molecule has 0 fully saturated rings. The van der Waals surface area contributed by atoms with E-state index in [1.165, 1.54) is 0 Å². The van der Waals surface area contributed by atoms with Gasteiger partial charge >= 0.3 is 0 Å². The van der Waals surface area contributed by atoms with Crippen molar-refractivity contribution in [3.8, 4) is 0 Å². The van der Waals surface area contributed by atoms with Gasteiger partial charge in [0.15, 0.2) is 5.76 Å². The summed E-state index contributed by atoms with van der Waals surface area (Å²) in [5.41, 5.74) is 0.834. The van der Waals surface area contributed by atoms with Crippen LogP contribution in [0.15, 0.2) is 16.8 Å². The van der Waals surface area contributed by atoms with Crippen molar-refractivity contribution < 1.29 is 4.52 Å². The van der Waals surface area contributed by atoms with Crippen LogP contribution in [0.3, 0.4) is 0 Å². The lowest BCUT2D eigenvalue weighted by molar-refractivity contribution is 0.388. The summed E-state index contributed by atoms with van der Waals surface area (Å²) in [5.74, 6) is 2.44. The van der Waals surface area contributed by atoms with Gasteiger partial charge in [-0.15, -0.1) is 0 Å². The number of hydrogen-bond donors (Lipinski definition) is 1. The van der Waals surface area contributed by atoms with Crippen LogP contribution in [-0.2, 0) is 6.54 Å². The molecule has 0 unspecified atom stereocenters. The van der Waals surface area contributed by atoms with Crippen LogP contribution in [0.4, 0.5) is 5.82 Å². The highest BCUT2D eigenvalue weighted by Gasteiger charge is 2.11. The molecule has 0 saturated carbocycles. The van der Waals surface area contributed by atoms with Gasteiger partial charge in [0.2, 0.25) is 0 Å². The first-order valence-corrected chi connectivity index (χ1v) is 6.13. The average molecular weight is 267 g/mol. The summed E-state index contributed by atoms with van der Waals surface area (Å²) in [6.07, 6.45) is 1.61. The van der Waals surface area contributed by atoms with Crippen molar-refractivity contribution in [3.63, 3.8) is 0 Å². The Bertz CT molecular complexity index is 525. The predicted octanol–water partition coefficient (Wildman–Crippen LogP) is 3.16. The number of anilines is 1. The number of aromatic nitrogens is 3. The number of halogens is 1. The SMILES string of the molecule is Cc1c(Cl)nc(C(C)C)nc1NCc1ccno1. The van der Waals surface area contributed by atoms with Crippen LogP contribution in [0.2, 0.25) is 5.15 Å². The van der Waals surface area contributed by atoms with Crippen LogP contribution in [0.25, 0.3) is 0 Å². The first-order valence-electron chi connectivity index (χ1n) is 5.75. The quantitative estimate of drug-likeness (QED) is 0.861. The van der Waals surface area contributed by atoms with E-state index in [0.717, 1.165) is 23.0 Å². The second-order valence-corrected chi connectivity index (χ2v) is 4.69. The van der Waals surface area contributed by atoms with Gasteiger partial charge in [0.25, 0.3) is 0 Å². The molecule has 0 aliphatic rings. The van der Waals surface area contributed by atoms with E-state index in [1.54, 1.807) is 12.3 Å². The van der Waals surface area contributed by atoms with Crippen molar-refractivity contribution in [2.45, 2.75) is 33.2 Å². The summed E-state index contributed by atoms with van der Waals surface area (Å²) in [7, 11) is 0. The Morgan fingerprint density at radius 1 is 1.39 bits per heavy atom. The molecule has 0 aliphatic heterocycles. The maximum absolute atomic E-state index is 6.10. The van der Waals surface area contributed by atoms with Gasteiger partial charge in [-0.3, -0.25) is 0 Å². The minimum absolute atomic E-state index is 0.230. The lowest BCUT2D eigenvalue weighted by Crippen LogP contribution is -2.07. The van der Waals surface area contributed by atoms with Crippen LogP contribution in [0.1, 0.15) is 36.9 Å². The van der Waals surface area contributed by atoms with Crippen LogP contribution < -0.4 is 5.32 Å². The summed E-state index contributed by atoms with van der Waals surface area (Å²) in [6, 6.07) is 1.80. The third kappa shape index (κ3) is 2.79. The van der Waals surface area contributed by atoms with E-state index in [4.69, 9.17) is 16.1 Å². The van der Waals surface area contributed by atoms with Crippen LogP contribution in [-0.4, -0.2) is 15.1 Å². The predicted molar refractivity (Wildman–Crippen MR) is 69.7 cm³/mol. The average Bonchev–Trinajstić information content (AvgIpc) is 2.83. The molecule has 18 heavy (non-hydrogen) atoms. The van der Waals surface area contributed by atoms with Gasteiger partial charge in [-0.25, -0.2) is 9.97 Å². The zero-order chi connectivity index (χ0) is 13.1. The van der Waals surface area contributed by atoms with Crippen LogP contribution in [0, 0.1) is 6.92 Å². The zero-order valence-corrected chi connectivity index (χ0v) is 11.3. The Balaban J connectivity index is 2.20. The number of nitrogens with one attached hydrogen (secondary N) is 1. The highest BCUT2D eigenvalue weighted by atomic mass is 35.5. The Kier molecular flexibility index (Phi) is 3.81. The summed E-state index contributed by atoms with van der Waals surface area (Å²) in [6.45, 7) is 6.46. The number of nitrogens with zero attached hydrogens (tertiary/aromatic N) is 3. The molecule has 2 aromatic rings. The molecule has 2 aromatic heterocycles. The van der Waals surface area contributed by atoms with Gasteiger partial charge in [0, 0.05) is 17.5 Å². The largest absolute Gasteiger partial charge is 0.362 e. The minimum Gasteiger partial charge on any atom is -0.362 e. The van der Waals surface area contributed by atoms with E-state index in [9.17, 15) is 0 Å². The first kappa shape index (κ1) is 12.8. The third-order valence-electron chi connectivity index (χ3n) is 2.54. The van der Waals surface area contributed by atoms with Gasteiger partial charge in [-0.1, -0.05) is 30.6 Å². The molecule has 2 heterocycles. The van der Waals surface area contributed by atoms with Crippen molar-refractivity contribution >= 4 is 17.4 Å². The van der Waals surface area contributed by atoms with Gasteiger partial charge in [0.05, 0.1) is 12.7 Å². The van der Waals surface area contributed by atoms with Crippen molar-refractivity contribution in [2.24, 2.45) is 0 Å². The van der Waals surface area contributed by atoms with E-state index in [0.29, 0.717) is 11.7 Å². The normalized spacial score (nSPS) is 10.9. The molecule has 96 valence electrons. The molecule has 6 heteroatoms. The lowest BCUT2D eigenvalue weighted by atomic mass is 10.2. The highest BCUT2D eigenvalue weighted by molar-refractivity contribution is 6.30. The van der Waals surface area contributed by atoms with Gasteiger partial charge in [0.1, 0.15) is 16.8 Å². The molecular formula is C12H15ClN4O. The second kappa shape index (κ2) is 5.35. The fourth-order valence-electron chi connectivity index (χ4n) is 1.44. The van der Waals surface area contributed by atoms with Gasteiger partial charge < -0.3 is 9.84 Å². The molecule has 1 N–H and O–H groups in total. The molecule has 0 spiro atoms. The number of rotatable bonds is 4. The molecule has 5 nitrogen and oxygen atoms in total. The molecule has 0 aliphatic carbocycles. The fourth-order valence-corrected chi connectivity index (χ4v) is 1.62. The van der Waals surface area contributed by atoms with Crippen molar-refractivity contribution in [3.05, 3.63) is 34.6 Å². The smallest absolute Gasteiger partial charge is 0.155 e. The van der Waals surface area contributed by atoms with Crippen molar-refractivity contribution in [2.75, 3.05) is 5.32 Å². The maximum Gasteiger partial charge on any atom is 0.155 e. The van der Waals surface area contributed by atoms with Crippen molar-refractivity contribution in [1.82, 2.24) is 15.1 Å². The van der Waals surface area contributed by atoms with Crippen LogP contribution in [0.5, 0.6) is 0 Å². The van der Waals surface area contributed by atoms with E-state index in [-0.39, 0.29) is 5.92 Å². The summed E-state index contributed by atoms with van der Waals surface area (Å²) in [4.78, 5) is 8.72. The molecular weight excluding hydrogens is 252 g/mol. The Labute approximate surface area is 111 Å². The second-order valence-electron chi connectivity index (χ2n) is 4.33. The molecule has 2 rings (SSSR count). The fraction of sp³-hybridized carbons (Fsp3) is 0.417. The Morgan fingerprint density at radius 3 is 2.78 bits per heavy atom. The number of hydrogen-bond acceptors (Lipinski definition) is 5. The molecule has 0 bridgehead atoms. The molecule has 0 amide bonds. The Hall–Kier alpha value is -1.62. The minimum atomic E-state index is 0.230. The van der Waals surface area contributed by atoms with Gasteiger partial charge in [-0.05, 0) is 6.92 Å². The molecule has 0 aromatic carbocycles. The molecule has 0 radical (unpaired) electrons. The maximum atomic E-state index is 6.10. The summed E-state index contributed by atoms with van der Waals surface area (Å²) in [5, 5.41) is 7.31. The van der Waals surface area contributed by atoms with E-state index < -0.39 is 0 Å². The monoisotopic (exact) mass is 266 g/mol. The van der Waals surface area contributed by atoms with E-state index in [1.807, 2.05) is 20.8 Å². The van der Waals surface area contributed by atoms with Crippen molar-refractivity contribution in [1.29, 1.82) is 0 Å². The highest BCUT2D eigenvalue weighted by Crippen LogP contribution is 2.23. The lowest BCUT2D eigenvalue weighted by Gasteiger charge is -2.11. The molecule has 0 saturated heterocycles. The standard InChI is InChI=1S/C12H15ClN4O/c1-7(2)11-16-10(13)8(3)12(17-11)14-6-9-4-5-15-18-9/h4-5,7H,6H2,1-3H3,(H,14,16,17). The third-order valence-corrected chi connectivity index (χ3v) is 2.91. The zero-order valence-electron chi connectivity index (χ0n) is 10.6. The molecule has 0 atom stereocenters. The topological polar surface area (TPSA) is 63.8 Å². The Morgan fingerprint density at radius 2 is 2.17 bits per heavy atom. The van der Waals surface area contributed by atoms with Gasteiger partial charge in [-0.2, -0.15) is 0 Å². The summed E-state index contributed by atoms with van der Waals surface area (Å²) >= 11 is 6.10. The van der Waals surface area contributed by atoms with Crippen LogP contribution >= 0.6 is 11.6 Å².